The molecular weight excluding hydrogens is 470 g/mol. The van der Waals surface area contributed by atoms with E-state index >= 15 is 0 Å². The van der Waals surface area contributed by atoms with E-state index < -0.39 is 36.0 Å². The smallest absolute Gasteiger partial charge is 0.331 e. The molecule has 9 heteroatoms. The average Bonchev–Trinajstić information content (AvgIpc) is 2.84. The van der Waals surface area contributed by atoms with Crippen molar-refractivity contribution in [1.82, 2.24) is 4.98 Å². The van der Waals surface area contributed by atoms with Crippen molar-refractivity contribution in [1.29, 1.82) is 0 Å². The molecular formula is C26H19F6N2O+. The second-order valence-corrected chi connectivity index (χ2v) is 7.75. The Kier molecular flexibility index (Phi) is 6.77. The maximum absolute atomic E-state index is 13.2. The van der Waals surface area contributed by atoms with E-state index in [4.69, 9.17) is 4.84 Å². The van der Waals surface area contributed by atoms with Gasteiger partial charge in [0.25, 0.3) is 0 Å². The molecule has 0 fully saturated rings. The van der Waals surface area contributed by atoms with E-state index in [2.05, 4.69) is 4.98 Å². The minimum Gasteiger partial charge on any atom is -0.331 e. The summed E-state index contributed by atoms with van der Waals surface area (Å²) < 4.78 is 80.6. The molecule has 0 amide bonds. The zero-order valence-corrected chi connectivity index (χ0v) is 18.1. The van der Waals surface area contributed by atoms with Crippen molar-refractivity contribution in [3.8, 4) is 0 Å². The zero-order chi connectivity index (χ0) is 25.1. The Morgan fingerprint density at radius 2 is 1.23 bits per heavy atom. The van der Waals surface area contributed by atoms with Gasteiger partial charge in [-0.05, 0) is 44.6 Å². The molecule has 0 aliphatic rings. The van der Waals surface area contributed by atoms with Gasteiger partial charge in [0, 0.05) is 6.07 Å². The molecule has 0 saturated heterocycles. The van der Waals surface area contributed by atoms with Gasteiger partial charge in [0.2, 0.25) is 0 Å². The van der Waals surface area contributed by atoms with Crippen LogP contribution in [0.4, 0.5) is 26.3 Å². The summed E-state index contributed by atoms with van der Waals surface area (Å²) in [4.78, 5) is 10.1. The van der Waals surface area contributed by atoms with Crippen LogP contribution in [-0.2, 0) is 19.0 Å². The molecule has 0 aliphatic heterocycles. The van der Waals surface area contributed by atoms with E-state index in [1.165, 1.54) is 10.9 Å². The van der Waals surface area contributed by atoms with Crippen molar-refractivity contribution in [2.75, 3.05) is 0 Å². The largest absolute Gasteiger partial charge is 0.416 e. The van der Waals surface area contributed by atoms with E-state index in [1.54, 1.807) is 12.3 Å². The Bertz CT molecular complexity index is 1200. The van der Waals surface area contributed by atoms with Crippen LogP contribution in [0.5, 0.6) is 0 Å². The molecule has 3 nitrogen and oxygen atoms in total. The lowest BCUT2D eigenvalue weighted by Crippen LogP contribution is -2.47. The van der Waals surface area contributed by atoms with Crippen molar-refractivity contribution >= 4 is 0 Å². The summed E-state index contributed by atoms with van der Waals surface area (Å²) in [6, 6.07) is 21.7. The molecule has 0 radical (unpaired) electrons. The van der Waals surface area contributed by atoms with Crippen LogP contribution in [0.3, 0.4) is 0 Å². The first-order chi connectivity index (χ1) is 16.6. The lowest BCUT2D eigenvalue weighted by Gasteiger charge is -2.16. The predicted molar refractivity (Wildman–Crippen MR) is 115 cm³/mol. The number of aromatic nitrogens is 2. The Morgan fingerprint density at radius 1 is 0.714 bits per heavy atom. The molecule has 0 aliphatic carbocycles. The Hall–Kier alpha value is -3.88. The third-order valence-corrected chi connectivity index (χ3v) is 5.28. The van der Waals surface area contributed by atoms with Gasteiger partial charge in [0.1, 0.15) is 18.3 Å². The van der Waals surface area contributed by atoms with Gasteiger partial charge in [-0.15, -0.1) is 0 Å². The Labute approximate surface area is 197 Å². The second-order valence-electron chi connectivity index (χ2n) is 7.75. The van der Waals surface area contributed by atoms with Gasteiger partial charge in [0.05, 0.1) is 11.1 Å². The molecule has 0 saturated carbocycles. The molecule has 1 heterocycles. The normalized spacial score (nSPS) is 12.1. The number of alkyl halides is 6. The van der Waals surface area contributed by atoms with Gasteiger partial charge < -0.3 is 4.84 Å². The quantitative estimate of drug-likeness (QED) is 0.238. The maximum Gasteiger partial charge on any atom is 0.416 e. The van der Waals surface area contributed by atoms with Crippen molar-refractivity contribution in [2.24, 2.45) is 0 Å². The van der Waals surface area contributed by atoms with Crippen LogP contribution < -0.4 is 9.57 Å². The molecule has 3 aromatic carbocycles. The van der Waals surface area contributed by atoms with E-state index in [1.807, 2.05) is 60.7 Å². The van der Waals surface area contributed by atoms with Crippen LogP contribution in [0.2, 0.25) is 0 Å². The van der Waals surface area contributed by atoms with Crippen molar-refractivity contribution in [3.05, 3.63) is 131 Å². The number of hydrogen-bond acceptors (Lipinski definition) is 2. The highest BCUT2D eigenvalue weighted by Gasteiger charge is 2.37. The third kappa shape index (κ3) is 5.79. The van der Waals surface area contributed by atoms with E-state index in [9.17, 15) is 26.3 Å². The van der Waals surface area contributed by atoms with Crippen LogP contribution in [0.15, 0.2) is 97.3 Å². The van der Waals surface area contributed by atoms with Crippen LogP contribution in [-0.4, -0.2) is 4.98 Å². The highest BCUT2D eigenvalue weighted by atomic mass is 19.4. The third-order valence-electron chi connectivity index (χ3n) is 5.28. The van der Waals surface area contributed by atoms with E-state index in [0.29, 0.717) is 18.0 Å². The fourth-order valence-electron chi connectivity index (χ4n) is 3.71. The molecule has 0 unspecified atom stereocenters. The molecule has 1 aromatic heterocycles. The van der Waals surface area contributed by atoms with Gasteiger partial charge in [-0.3, -0.25) is 0 Å². The molecule has 0 spiro atoms. The summed E-state index contributed by atoms with van der Waals surface area (Å²) in [5.41, 5.74) is -1.30. The number of nitrogens with zero attached hydrogens (tertiary/aromatic N) is 2. The summed E-state index contributed by atoms with van der Waals surface area (Å²) in [7, 11) is 0. The lowest BCUT2D eigenvalue weighted by molar-refractivity contribution is -0.902. The van der Waals surface area contributed by atoms with Crippen molar-refractivity contribution in [2.45, 2.75) is 24.9 Å². The SMILES string of the molecule is FC(F)(F)c1cc(CO[n+]2cccnc2C(c2ccccc2)c2ccccc2)cc(C(F)(F)F)c1. The minimum atomic E-state index is -4.94. The van der Waals surface area contributed by atoms with Crippen molar-refractivity contribution < 1.29 is 35.9 Å². The molecule has 180 valence electrons. The molecule has 4 rings (SSSR count). The Morgan fingerprint density at radius 3 is 1.71 bits per heavy atom. The fourth-order valence-corrected chi connectivity index (χ4v) is 3.71. The van der Waals surface area contributed by atoms with E-state index in [0.717, 1.165) is 11.1 Å². The van der Waals surface area contributed by atoms with Gasteiger partial charge in [-0.1, -0.05) is 60.7 Å². The summed E-state index contributed by atoms with van der Waals surface area (Å²) in [5, 5.41) is 0. The number of rotatable bonds is 6. The second kappa shape index (κ2) is 9.77. The monoisotopic (exact) mass is 489 g/mol. The van der Waals surface area contributed by atoms with Gasteiger partial charge in [0.15, 0.2) is 6.61 Å². The molecule has 0 bridgehead atoms. The van der Waals surface area contributed by atoms with E-state index in [-0.39, 0.29) is 11.6 Å². The fraction of sp³-hybridized carbons (Fsp3) is 0.154. The summed E-state index contributed by atoms with van der Waals surface area (Å²) >= 11 is 0. The van der Waals surface area contributed by atoms with Gasteiger partial charge in [-0.2, -0.15) is 26.3 Å². The molecule has 4 aromatic rings. The summed E-state index contributed by atoms with van der Waals surface area (Å²) in [5.74, 6) is 0.0127. The van der Waals surface area contributed by atoms with Crippen LogP contribution in [0, 0.1) is 0 Å². The first-order valence-corrected chi connectivity index (χ1v) is 10.5. The lowest BCUT2D eigenvalue weighted by atomic mass is 9.90. The molecule has 0 N–H and O–H groups in total. The number of hydrogen-bond donors (Lipinski definition) is 0. The predicted octanol–water partition coefficient (Wildman–Crippen LogP) is 6.22. The highest BCUT2D eigenvalue weighted by molar-refractivity contribution is 5.37. The highest BCUT2D eigenvalue weighted by Crippen LogP contribution is 2.36. The summed E-state index contributed by atoms with van der Waals surface area (Å²) in [6.45, 7) is -0.535. The van der Waals surface area contributed by atoms with Crippen LogP contribution in [0.25, 0.3) is 0 Å². The van der Waals surface area contributed by atoms with Crippen molar-refractivity contribution in [3.63, 3.8) is 0 Å². The molecule has 35 heavy (non-hydrogen) atoms. The topological polar surface area (TPSA) is 26.0 Å². The maximum atomic E-state index is 13.2. The minimum absolute atomic E-state index is 0.0903. The first-order valence-electron chi connectivity index (χ1n) is 10.5. The standard InChI is InChI=1S/C26H19F6N2O/c27-25(28,29)21-14-18(15-22(16-21)26(30,31)32)17-35-34-13-7-12-33-24(34)23(19-8-3-1-4-9-19)20-10-5-2-6-11-20/h1-16,23H,17H2/q+1. The average molecular weight is 489 g/mol. The number of benzene rings is 3. The first kappa shape index (κ1) is 24.3. The van der Waals surface area contributed by atoms with Gasteiger partial charge >= 0.3 is 18.2 Å². The Balaban J connectivity index is 1.71. The zero-order valence-electron chi connectivity index (χ0n) is 18.1. The van der Waals surface area contributed by atoms with Crippen LogP contribution >= 0.6 is 0 Å². The molecule has 0 atom stereocenters. The van der Waals surface area contributed by atoms with Gasteiger partial charge in [-0.25, -0.2) is 0 Å². The number of halogens is 6. The van der Waals surface area contributed by atoms with Crippen LogP contribution in [0.1, 0.15) is 39.6 Å². The summed E-state index contributed by atoms with van der Waals surface area (Å²) in [6.07, 6.45) is -6.82.